The number of hydrazine groups is 1. The summed E-state index contributed by atoms with van der Waals surface area (Å²) in [4.78, 5) is 21.7. The Morgan fingerprint density at radius 3 is 2.69 bits per heavy atom. The number of hydrogen-bond acceptors (Lipinski definition) is 5. The van der Waals surface area contributed by atoms with E-state index in [0.717, 1.165) is 22.4 Å². The van der Waals surface area contributed by atoms with E-state index in [2.05, 4.69) is 15.4 Å². The van der Waals surface area contributed by atoms with Crippen LogP contribution >= 0.6 is 11.3 Å². The molecule has 2 aromatic heterocycles. The number of benzene rings is 2. The van der Waals surface area contributed by atoms with E-state index in [1.54, 1.807) is 10.5 Å². The van der Waals surface area contributed by atoms with E-state index in [1.807, 2.05) is 71.6 Å². The number of fused-ring (bicyclic) bond motifs is 1. The first kappa shape index (κ1) is 16.3. The lowest BCUT2D eigenvalue weighted by molar-refractivity contribution is -0.121. The molecule has 26 heavy (non-hydrogen) atoms. The second-order valence-corrected chi connectivity index (χ2v) is 6.53. The van der Waals surface area contributed by atoms with Gasteiger partial charge in [-0.2, -0.15) is 0 Å². The molecule has 0 spiro atoms. The third kappa shape index (κ3) is 3.16. The van der Waals surface area contributed by atoms with Crippen LogP contribution in [0.25, 0.3) is 22.6 Å². The molecule has 130 valence electrons. The smallest absolute Gasteiger partial charge is 0.258 e. The number of para-hydroxylation sites is 3. The minimum Gasteiger partial charge on any atom is -0.313 e. The van der Waals surface area contributed by atoms with E-state index >= 15 is 0 Å². The van der Waals surface area contributed by atoms with Crippen molar-refractivity contribution < 1.29 is 4.79 Å². The summed E-state index contributed by atoms with van der Waals surface area (Å²) in [5.74, 6) is 0.570. The number of anilines is 1. The molecule has 0 aliphatic rings. The summed E-state index contributed by atoms with van der Waals surface area (Å²) in [6.07, 6.45) is 0. The van der Waals surface area contributed by atoms with Crippen LogP contribution in [-0.4, -0.2) is 27.5 Å². The molecular weight excluding hydrogens is 346 g/mol. The molecule has 0 radical (unpaired) electrons. The summed E-state index contributed by atoms with van der Waals surface area (Å²) < 4.78 is 1.90. The van der Waals surface area contributed by atoms with Gasteiger partial charge in [-0.1, -0.05) is 30.3 Å². The zero-order valence-electron chi connectivity index (χ0n) is 14.2. The fourth-order valence-corrected chi connectivity index (χ4v) is 3.37. The van der Waals surface area contributed by atoms with Gasteiger partial charge in [0, 0.05) is 12.4 Å². The Morgan fingerprint density at radius 1 is 1.15 bits per heavy atom. The first-order valence-electron chi connectivity index (χ1n) is 8.14. The van der Waals surface area contributed by atoms with E-state index in [9.17, 15) is 4.79 Å². The number of nitrogens with zero attached hydrogens (tertiary/aromatic N) is 4. The molecule has 7 heteroatoms. The number of hydrogen-bond donors (Lipinski definition) is 1. The number of imidazole rings is 1. The van der Waals surface area contributed by atoms with Gasteiger partial charge in [-0.05, 0) is 24.3 Å². The lowest BCUT2D eigenvalue weighted by Crippen LogP contribution is -2.41. The summed E-state index contributed by atoms with van der Waals surface area (Å²) in [6, 6.07) is 17.5. The number of carbonyl (C=O) groups is 1. The molecule has 6 nitrogen and oxygen atoms in total. The molecule has 0 saturated carbocycles. The molecule has 0 saturated heterocycles. The predicted octanol–water partition coefficient (Wildman–Crippen LogP) is 3.33. The SMILES string of the molecule is CN(NC(=O)Cn1c(-c2cscn2)nc2ccccc21)c1ccccc1. The van der Waals surface area contributed by atoms with Gasteiger partial charge in [0.15, 0.2) is 5.82 Å². The van der Waals surface area contributed by atoms with Crippen LogP contribution in [-0.2, 0) is 11.3 Å². The summed E-state index contributed by atoms with van der Waals surface area (Å²) >= 11 is 1.51. The monoisotopic (exact) mass is 363 g/mol. The predicted molar refractivity (Wildman–Crippen MR) is 104 cm³/mol. The summed E-state index contributed by atoms with van der Waals surface area (Å²) in [7, 11) is 1.82. The van der Waals surface area contributed by atoms with Crippen molar-refractivity contribution >= 4 is 34.0 Å². The van der Waals surface area contributed by atoms with Crippen LogP contribution in [0.2, 0.25) is 0 Å². The van der Waals surface area contributed by atoms with E-state index in [1.165, 1.54) is 11.3 Å². The molecule has 1 amide bonds. The zero-order chi connectivity index (χ0) is 17.9. The number of rotatable bonds is 5. The molecule has 0 aliphatic carbocycles. The van der Waals surface area contributed by atoms with Gasteiger partial charge in [-0.3, -0.25) is 15.2 Å². The molecule has 0 bridgehead atoms. The van der Waals surface area contributed by atoms with Gasteiger partial charge in [0.2, 0.25) is 0 Å². The van der Waals surface area contributed by atoms with Crippen LogP contribution in [0.15, 0.2) is 65.5 Å². The number of carbonyl (C=O) groups excluding carboxylic acids is 1. The number of aromatic nitrogens is 3. The lowest BCUT2D eigenvalue weighted by atomic mass is 10.3. The highest BCUT2D eigenvalue weighted by Gasteiger charge is 2.17. The molecule has 2 aromatic carbocycles. The maximum absolute atomic E-state index is 12.6. The van der Waals surface area contributed by atoms with Crippen molar-refractivity contribution in [3.8, 4) is 11.5 Å². The third-order valence-electron chi connectivity index (χ3n) is 4.05. The van der Waals surface area contributed by atoms with E-state index in [4.69, 9.17) is 0 Å². The Kier molecular flexibility index (Phi) is 4.37. The second-order valence-electron chi connectivity index (χ2n) is 5.81. The maximum atomic E-state index is 12.6. The normalized spacial score (nSPS) is 10.8. The Balaban J connectivity index is 1.62. The van der Waals surface area contributed by atoms with Crippen LogP contribution in [0, 0.1) is 0 Å². The number of thiazole rings is 1. The van der Waals surface area contributed by atoms with Crippen molar-refractivity contribution in [3.63, 3.8) is 0 Å². The van der Waals surface area contributed by atoms with Gasteiger partial charge in [0.05, 0.1) is 22.2 Å². The van der Waals surface area contributed by atoms with Gasteiger partial charge in [0.25, 0.3) is 5.91 Å². The van der Waals surface area contributed by atoms with Gasteiger partial charge < -0.3 is 4.57 Å². The summed E-state index contributed by atoms with van der Waals surface area (Å²) in [5.41, 5.74) is 8.11. The van der Waals surface area contributed by atoms with E-state index < -0.39 is 0 Å². The van der Waals surface area contributed by atoms with Crippen LogP contribution in [0.5, 0.6) is 0 Å². The molecule has 0 unspecified atom stereocenters. The van der Waals surface area contributed by atoms with Crippen molar-refractivity contribution in [2.75, 3.05) is 12.1 Å². The molecule has 4 rings (SSSR count). The Hall–Kier alpha value is -3.19. The minimum atomic E-state index is -0.129. The highest BCUT2D eigenvalue weighted by atomic mass is 32.1. The first-order valence-corrected chi connectivity index (χ1v) is 9.09. The topological polar surface area (TPSA) is 63.1 Å². The third-order valence-corrected chi connectivity index (χ3v) is 4.64. The highest BCUT2D eigenvalue weighted by Crippen LogP contribution is 2.24. The second kappa shape index (κ2) is 6.97. The molecule has 0 atom stereocenters. The Bertz CT molecular complexity index is 1030. The van der Waals surface area contributed by atoms with Crippen molar-refractivity contribution in [1.29, 1.82) is 0 Å². The largest absolute Gasteiger partial charge is 0.313 e. The molecule has 0 aliphatic heterocycles. The van der Waals surface area contributed by atoms with E-state index in [0.29, 0.717) is 5.82 Å². The Morgan fingerprint density at radius 2 is 1.92 bits per heavy atom. The van der Waals surface area contributed by atoms with E-state index in [-0.39, 0.29) is 12.5 Å². The van der Waals surface area contributed by atoms with Crippen LogP contribution in [0.3, 0.4) is 0 Å². The van der Waals surface area contributed by atoms with Gasteiger partial charge in [-0.15, -0.1) is 11.3 Å². The van der Waals surface area contributed by atoms with Gasteiger partial charge >= 0.3 is 0 Å². The molecule has 0 fully saturated rings. The average molecular weight is 363 g/mol. The molecule has 1 N–H and O–H groups in total. The fraction of sp³-hybridized carbons (Fsp3) is 0.105. The maximum Gasteiger partial charge on any atom is 0.258 e. The number of nitrogens with one attached hydrogen (secondary N) is 1. The molecule has 4 aromatic rings. The summed E-state index contributed by atoms with van der Waals surface area (Å²) in [6.45, 7) is 0.157. The number of amides is 1. The minimum absolute atomic E-state index is 0.129. The quantitative estimate of drug-likeness (QED) is 0.553. The van der Waals surface area contributed by atoms with Gasteiger partial charge in [-0.25, -0.2) is 9.97 Å². The fourth-order valence-electron chi connectivity index (χ4n) is 2.84. The van der Waals surface area contributed by atoms with Crippen LogP contribution in [0.1, 0.15) is 0 Å². The standard InChI is InChI=1S/C19H17N5OS/c1-23(14-7-3-2-4-8-14)22-18(25)11-24-17-10-6-5-9-15(17)21-19(24)16-12-26-13-20-16/h2-10,12-13H,11H2,1H3,(H,22,25). The van der Waals surface area contributed by atoms with Crippen molar-refractivity contribution in [1.82, 2.24) is 20.0 Å². The van der Waals surface area contributed by atoms with Crippen LogP contribution < -0.4 is 10.4 Å². The van der Waals surface area contributed by atoms with Crippen LogP contribution in [0.4, 0.5) is 5.69 Å². The van der Waals surface area contributed by atoms with Crippen molar-refractivity contribution in [3.05, 3.63) is 65.5 Å². The first-order chi connectivity index (χ1) is 12.7. The molecule has 2 heterocycles. The molecular formula is C19H17N5OS. The average Bonchev–Trinajstić information content (AvgIpc) is 3.31. The Labute approximate surface area is 154 Å². The highest BCUT2D eigenvalue weighted by molar-refractivity contribution is 7.07. The summed E-state index contributed by atoms with van der Waals surface area (Å²) in [5, 5.41) is 3.65. The zero-order valence-corrected chi connectivity index (χ0v) is 15.0. The lowest BCUT2D eigenvalue weighted by Gasteiger charge is -2.20. The van der Waals surface area contributed by atoms with Crippen molar-refractivity contribution in [2.24, 2.45) is 0 Å². The van der Waals surface area contributed by atoms with Crippen molar-refractivity contribution in [2.45, 2.75) is 6.54 Å². The van der Waals surface area contributed by atoms with Gasteiger partial charge in [0.1, 0.15) is 12.2 Å².